The van der Waals surface area contributed by atoms with Gasteiger partial charge in [0.2, 0.25) is 11.8 Å². The Morgan fingerprint density at radius 1 is 1.38 bits per heavy atom. The van der Waals surface area contributed by atoms with Crippen molar-refractivity contribution >= 4 is 11.8 Å². The van der Waals surface area contributed by atoms with E-state index in [-0.39, 0.29) is 17.9 Å². The second-order valence-electron chi connectivity index (χ2n) is 5.38. The fraction of sp³-hybridized carbons (Fsp3) is 0.833. The molecule has 1 aliphatic rings. The molecule has 1 heterocycles. The van der Waals surface area contributed by atoms with E-state index in [1.165, 1.54) is 4.90 Å². The van der Waals surface area contributed by atoms with E-state index in [9.17, 15) is 9.59 Å². The molecule has 0 aromatic rings. The molecule has 1 fully saturated rings. The van der Waals surface area contributed by atoms with E-state index in [1.807, 2.05) is 20.8 Å². The molecule has 16 heavy (non-hydrogen) atoms. The summed E-state index contributed by atoms with van der Waals surface area (Å²) in [6.45, 7) is 6.17. The summed E-state index contributed by atoms with van der Waals surface area (Å²) in [4.78, 5) is 24.9. The molecule has 1 aliphatic heterocycles. The summed E-state index contributed by atoms with van der Waals surface area (Å²) in [7, 11) is 0. The van der Waals surface area contributed by atoms with Gasteiger partial charge in [0.05, 0.1) is 5.41 Å². The zero-order valence-corrected chi connectivity index (χ0v) is 10.5. The number of rotatable bonds is 5. The number of carbonyl (C=O) groups is 2. The topological polar surface area (TPSA) is 63.4 Å². The quantitative estimate of drug-likeness (QED) is 0.567. The van der Waals surface area contributed by atoms with E-state index >= 15 is 0 Å². The lowest BCUT2D eigenvalue weighted by atomic mass is 9.92. The van der Waals surface area contributed by atoms with Gasteiger partial charge in [0.1, 0.15) is 0 Å². The predicted octanol–water partition coefficient (Wildman–Crippen LogP) is 1.29. The normalized spacial score (nSPS) is 21.6. The van der Waals surface area contributed by atoms with Crippen LogP contribution in [0.4, 0.5) is 0 Å². The number of nitrogens with two attached hydrogens (primary N) is 1. The molecule has 1 atom stereocenters. The number of imide groups is 1. The van der Waals surface area contributed by atoms with Crippen LogP contribution in [0.15, 0.2) is 0 Å². The molecule has 92 valence electrons. The second kappa shape index (κ2) is 4.95. The van der Waals surface area contributed by atoms with Gasteiger partial charge in [-0.2, -0.15) is 0 Å². The molecule has 0 spiro atoms. The third-order valence-corrected chi connectivity index (χ3v) is 3.01. The lowest BCUT2D eigenvalue weighted by Crippen LogP contribution is -2.34. The summed E-state index contributed by atoms with van der Waals surface area (Å²) in [6.07, 6.45) is 3.11. The molecule has 4 nitrogen and oxygen atoms in total. The Kier molecular flexibility index (Phi) is 4.08. The van der Waals surface area contributed by atoms with Crippen LogP contribution in [0.25, 0.3) is 0 Å². The Morgan fingerprint density at radius 3 is 2.44 bits per heavy atom. The van der Waals surface area contributed by atoms with Crippen LogP contribution in [0.1, 0.15) is 46.5 Å². The van der Waals surface area contributed by atoms with Gasteiger partial charge in [0.15, 0.2) is 0 Å². The maximum atomic E-state index is 11.8. The lowest BCUT2D eigenvalue weighted by Gasteiger charge is -2.17. The molecule has 1 rings (SSSR count). The minimum absolute atomic E-state index is 0.0294. The number of carbonyl (C=O) groups excluding carboxylic acids is 2. The van der Waals surface area contributed by atoms with Crippen molar-refractivity contribution in [2.24, 2.45) is 11.1 Å². The molecule has 2 N–H and O–H groups in total. The Bertz CT molecular complexity index is 285. The first-order chi connectivity index (χ1) is 7.34. The van der Waals surface area contributed by atoms with Crippen molar-refractivity contribution in [1.29, 1.82) is 0 Å². The van der Waals surface area contributed by atoms with E-state index in [4.69, 9.17) is 5.73 Å². The van der Waals surface area contributed by atoms with Crippen molar-refractivity contribution in [3.05, 3.63) is 0 Å². The van der Waals surface area contributed by atoms with Crippen molar-refractivity contribution in [3.63, 3.8) is 0 Å². The van der Waals surface area contributed by atoms with Crippen LogP contribution in [0.2, 0.25) is 0 Å². The molecule has 0 saturated carbocycles. The third-order valence-electron chi connectivity index (χ3n) is 3.01. The van der Waals surface area contributed by atoms with Gasteiger partial charge >= 0.3 is 0 Å². The first kappa shape index (κ1) is 13.2. The highest BCUT2D eigenvalue weighted by molar-refractivity contribution is 6.05. The molecule has 2 amide bonds. The summed E-state index contributed by atoms with van der Waals surface area (Å²) < 4.78 is 0. The minimum atomic E-state index is -0.502. The number of hydrogen-bond acceptors (Lipinski definition) is 3. The zero-order chi connectivity index (χ0) is 12.3. The SMILES string of the molecule is CC(N)CCCCN1C(=O)CC(C)(C)C1=O. The van der Waals surface area contributed by atoms with Crippen LogP contribution in [-0.4, -0.2) is 29.3 Å². The van der Waals surface area contributed by atoms with Gasteiger partial charge in [-0.25, -0.2) is 0 Å². The highest BCUT2D eigenvalue weighted by Gasteiger charge is 2.44. The summed E-state index contributed by atoms with van der Waals surface area (Å²) in [5, 5.41) is 0. The van der Waals surface area contributed by atoms with Crippen molar-refractivity contribution in [1.82, 2.24) is 4.90 Å². The maximum Gasteiger partial charge on any atom is 0.235 e. The highest BCUT2D eigenvalue weighted by Crippen LogP contribution is 2.31. The Morgan fingerprint density at radius 2 is 2.00 bits per heavy atom. The first-order valence-electron chi connectivity index (χ1n) is 5.95. The van der Waals surface area contributed by atoms with E-state index in [0.717, 1.165) is 19.3 Å². The number of likely N-dealkylation sites (tertiary alicyclic amines) is 1. The van der Waals surface area contributed by atoms with Gasteiger partial charge in [0.25, 0.3) is 0 Å². The van der Waals surface area contributed by atoms with Crippen molar-refractivity contribution in [2.45, 2.75) is 52.5 Å². The molecule has 0 radical (unpaired) electrons. The molecule has 1 saturated heterocycles. The Hall–Kier alpha value is -0.900. The summed E-state index contributed by atoms with van der Waals surface area (Å²) in [5.74, 6) is -0.0610. The van der Waals surface area contributed by atoms with Crippen LogP contribution in [0, 0.1) is 5.41 Å². The zero-order valence-electron chi connectivity index (χ0n) is 10.5. The van der Waals surface area contributed by atoms with E-state index < -0.39 is 5.41 Å². The summed E-state index contributed by atoms with van der Waals surface area (Å²) >= 11 is 0. The minimum Gasteiger partial charge on any atom is -0.328 e. The largest absolute Gasteiger partial charge is 0.328 e. The smallest absolute Gasteiger partial charge is 0.235 e. The highest BCUT2D eigenvalue weighted by atomic mass is 16.2. The third kappa shape index (κ3) is 3.04. The summed E-state index contributed by atoms with van der Waals surface area (Å²) in [6, 6.07) is 0.196. The number of nitrogens with zero attached hydrogens (tertiary/aromatic N) is 1. The average Bonchev–Trinajstić information content (AvgIpc) is 2.33. The van der Waals surface area contributed by atoms with Crippen LogP contribution >= 0.6 is 0 Å². The van der Waals surface area contributed by atoms with Gasteiger partial charge in [-0.05, 0) is 19.8 Å². The molecule has 1 unspecified atom stereocenters. The van der Waals surface area contributed by atoms with Gasteiger partial charge in [-0.1, -0.05) is 20.3 Å². The average molecular weight is 226 g/mol. The van der Waals surface area contributed by atoms with Crippen LogP contribution in [-0.2, 0) is 9.59 Å². The predicted molar refractivity (Wildman–Crippen MR) is 62.6 cm³/mol. The number of unbranched alkanes of at least 4 members (excludes halogenated alkanes) is 1. The molecule has 0 bridgehead atoms. The van der Waals surface area contributed by atoms with E-state index in [1.54, 1.807) is 0 Å². The monoisotopic (exact) mass is 226 g/mol. The number of amides is 2. The van der Waals surface area contributed by atoms with Crippen LogP contribution < -0.4 is 5.73 Å². The van der Waals surface area contributed by atoms with Crippen molar-refractivity contribution in [2.75, 3.05) is 6.54 Å². The first-order valence-corrected chi connectivity index (χ1v) is 5.95. The Balaban J connectivity index is 2.38. The number of hydrogen-bond donors (Lipinski definition) is 1. The second-order valence-corrected chi connectivity index (χ2v) is 5.38. The standard InChI is InChI=1S/C12H22N2O2/c1-9(13)6-4-5-7-14-10(15)8-12(2,3)11(14)16/h9H,4-8,13H2,1-3H3. The van der Waals surface area contributed by atoms with Gasteiger partial charge in [-0.3, -0.25) is 14.5 Å². The van der Waals surface area contributed by atoms with Gasteiger partial charge in [-0.15, -0.1) is 0 Å². The van der Waals surface area contributed by atoms with E-state index in [2.05, 4.69) is 0 Å². The molecular weight excluding hydrogens is 204 g/mol. The van der Waals surface area contributed by atoms with Gasteiger partial charge < -0.3 is 5.73 Å². The van der Waals surface area contributed by atoms with Crippen LogP contribution in [0.3, 0.4) is 0 Å². The fourth-order valence-electron chi connectivity index (χ4n) is 1.99. The molecule has 4 heteroatoms. The summed E-state index contributed by atoms with van der Waals surface area (Å²) in [5.41, 5.74) is 5.14. The molecule has 0 aromatic heterocycles. The van der Waals surface area contributed by atoms with Crippen molar-refractivity contribution in [3.8, 4) is 0 Å². The van der Waals surface area contributed by atoms with E-state index in [0.29, 0.717) is 13.0 Å². The Labute approximate surface area is 97.2 Å². The maximum absolute atomic E-state index is 11.8. The van der Waals surface area contributed by atoms with Gasteiger partial charge in [0, 0.05) is 19.0 Å². The fourth-order valence-corrected chi connectivity index (χ4v) is 1.99. The molecule has 0 aliphatic carbocycles. The molecular formula is C12H22N2O2. The molecule has 0 aromatic carbocycles. The lowest BCUT2D eigenvalue weighted by molar-refractivity contribution is -0.140. The van der Waals surface area contributed by atoms with Crippen LogP contribution in [0.5, 0.6) is 0 Å². The van der Waals surface area contributed by atoms with Crippen molar-refractivity contribution < 1.29 is 9.59 Å².